The first kappa shape index (κ1) is 12.2. The fourth-order valence-electron chi connectivity index (χ4n) is 1.16. The van der Waals surface area contributed by atoms with E-state index in [-0.39, 0.29) is 5.78 Å². The predicted octanol–water partition coefficient (Wildman–Crippen LogP) is 3.66. The van der Waals surface area contributed by atoms with Crippen LogP contribution in [0.15, 0.2) is 24.8 Å². The molecule has 74 valence electrons. The third-order valence-corrected chi connectivity index (χ3v) is 1.94. The van der Waals surface area contributed by atoms with Gasteiger partial charge in [-0.1, -0.05) is 51.3 Å². The molecule has 0 atom stereocenters. The molecular formula is C12H20O. The summed E-state index contributed by atoms with van der Waals surface area (Å²) in [6, 6.07) is 0. The minimum Gasteiger partial charge on any atom is -0.295 e. The van der Waals surface area contributed by atoms with Gasteiger partial charge in [-0.3, -0.25) is 4.79 Å². The van der Waals surface area contributed by atoms with Gasteiger partial charge < -0.3 is 0 Å². The van der Waals surface area contributed by atoms with Crippen LogP contribution in [0.4, 0.5) is 0 Å². The summed E-state index contributed by atoms with van der Waals surface area (Å²) < 4.78 is 0. The van der Waals surface area contributed by atoms with Gasteiger partial charge >= 0.3 is 0 Å². The molecule has 0 radical (unpaired) electrons. The Labute approximate surface area is 81.5 Å². The van der Waals surface area contributed by atoms with E-state index >= 15 is 0 Å². The highest BCUT2D eigenvalue weighted by Gasteiger charge is 1.95. The van der Waals surface area contributed by atoms with E-state index < -0.39 is 0 Å². The highest BCUT2D eigenvalue weighted by Crippen LogP contribution is 2.05. The molecule has 0 saturated carbocycles. The van der Waals surface area contributed by atoms with Crippen molar-refractivity contribution >= 4 is 5.78 Å². The van der Waals surface area contributed by atoms with Crippen molar-refractivity contribution in [2.24, 2.45) is 0 Å². The lowest BCUT2D eigenvalue weighted by atomic mass is 10.1. The average molecular weight is 180 g/mol. The van der Waals surface area contributed by atoms with Gasteiger partial charge in [0.25, 0.3) is 0 Å². The molecule has 0 aliphatic rings. The molecule has 0 spiro atoms. The van der Waals surface area contributed by atoms with Crippen molar-refractivity contribution in [2.45, 2.75) is 45.4 Å². The van der Waals surface area contributed by atoms with Crippen LogP contribution in [0.2, 0.25) is 0 Å². The molecule has 0 aromatic heterocycles. The van der Waals surface area contributed by atoms with Crippen molar-refractivity contribution in [3.05, 3.63) is 24.8 Å². The van der Waals surface area contributed by atoms with Gasteiger partial charge in [0.2, 0.25) is 0 Å². The minimum absolute atomic E-state index is 0.219. The molecule has 0 fully saturated rings. The SMILES string of the molecule is C=CC=CC(=O)CCCCCCC. The van der Waals surface area contributed by atoms with Crippen molar-refractivity contribution < 1.29 is 4.79 Å². The van der Waals surface area contributed by atoms with E-state index in [0.29, 0.717) is 6.42 Å². The van der Waals surface area contributed by atoms with E-state index in [0.717, 1.165) is 6.42 Å². The zero-order valence-electron chi connectivity index (χ0n) is 8.59. The van der Waals surface area contributed by atoms with Gasteiger partial charge in [0.15, 0.2) is 5.78 Å². The van der Waals surface area contributed by atoms with E-state index in [1.54, 1.807) is 18.2 Å². The number of carbonyl (C=O) groups is 1. The minimum atomic E-state index is 0.219. The summed E-state index contributed by atoms with van der Waals surface area (Å²) in [7, 11) is 0. The van der Waals surface area contributed by atoms with Crippen LogP contribution in [0.3, 0.4) is 0 Å². The number of ketones is 1. The Hall–Kier alpha value is -0.850. The van der Waals surface area contributed by atoms with Gasteiger partial charge in [-0.15, -0.1) is 0 Å². The molecule has 0 bridgehead atoms. The van der Waals surface area contributed by atoms with Crippen molar-refractivity contribution in [3.8, 4) is 0 Å². The second kappa shape index (κ2) is 9.24. The first-order chi connectivity index (χ1) is 6.31. The van der Waals surface area contributed by atoms with Gasteiger partial charge in [-0.05, 0) is 12.5 Å². The molecule has 0 aliphatic carbocycles. The van der Waals surface area contributed by atoms with E-state index in [1.807, 2.05) is 0 Å². The third-order valence-electron chi connectivity index (χ3n) is 1.94. The number of hydrogen-bond acceptors (Lipinski definition) is 1. The van der Waals surface area contributed by atoms with Crippen molar-refractivity contribution in [2.75, 3.05) is 0 Å². The molecule has 0 amide bonds. The Kier molecular flexibility index (Phi) is 8.64. The van der Waals surface area contributed by atoms with Gasteiger partial charge in [0.05, 0.1) is 0 Å². The summed E-state index contributed by atoms with van der Waals surface area (Å²) in [6.45, 7) is 5.71. The molecule has 13 heavy (non-hydrogen) atoms. The highest BCUT2D eigenvalue weighted by atomic mass is 16.1. The lowest BCUT2D eigenvalue weighted by Gasteiger charge is -1.96. The first-order valence-corrected chi connectivity index (χ1v) is 5.13. The maximum absolute atomic E-state index is 11.1. The molecule has 0 aliphatic heterocycles. The van der Waals surface area contributed by atoms with Crippen molar-refractivity contribution in [3.63, 3.8) is 0 Å². The fourth-order valence-corrected chi connectivity index (χ4v) is 1.16. The van der Waals surface area contributed by atoms with Crippen LogP contribution in [0, 0.1) is 0 Å². The molecule has 0 unspecified atom stereocenters. The zero-order valence-corrected chi connectivity index (χ0v) is 8.59. The Bertz CT molecular complexity index is 168. The van der Waals surface area contributed by atoms with E-state index in [1.165, 1.54) is 25.7 Å². The number of carbonyl (C=O) groups excluding carboxylic acids is 1. The van der Waals surface area contributed by atoms with Crippen molar-refractivity contribution in [1.82, 2.24) is 0 Å². The maximum atomic E-state index is 11.1. The third kappa shape index (κ3) is 9.06. The summed E-state index contributed by atoms with van der Waals surface area (Å²) in [5.74, 6) is 0.219. The summed E-state index contributed by atoms with van der Waals surface area (Å²) in [4.78, 5) is 11.1. The number of hydrogen-bond donors (Lipinski definition) is 0. The lowest BCUT2D eigenvalue weighted by molar-refractivity contribution is -0.114. The molecule has 0 heterocycles. The van der Waals surface area contributed by atoms with E-state index in [4.69, 9.17) is 0 Å². The molecule has 0 N–H and O–H groups in total. The Morgan fingerprint density at radius 1 is 1.23 bits per heavy atom. The van der Waals surface area contributed by atoms with Crippen LogP contribution >= 0.6 is 0 Å². The summed E-state index contributed by atoms with van der Waals surface area (Å²) in [6.07, 6.45) is 11.6. The summed E-state index contributed by atoms with van der Waals surface area (Å²) in [5.41, 5.74) is 0. The molecule has 0 aromatic rings. The molecule has 0 aromatic carbocycles. The first-order valence-electron chi connectivity index (χ1n) is 5.13. The summed E-state index contributed by atoms with van der Waals surface area (Å²) >= 11 is 0. The largest absolute Gasteiger partial charge is 0.295 e. The topological polar surface area (TPSA) is 17.1 Å². The summed E-state index contributed by atoms with van der Waals surface area (Å²) in [5, 5.41) is 0. The maximum Gasteiger partial charge on any atom is 0.155 e. The van der Waals surface area contributed by atoms with E-state index in [9.17, 15) is 4.79 Å². The van der Waals surface area contributed by atoms with Gasteiger partial charge in [-0.25, -0.2) is 0 Å². The predicted molar refractivity (Wildman–Crippen MR) is 57.7 cm³/mol. The Morgan fingerprint density at radius 3 is 2.54 bits per heavy atom. The second-order valence-electron chi connectivity index (χ2n) is 3.23. The van der Waals surface area contributed by atoms with Crippen LogP contribution < -0.4 is 0 Å². The van der Waals surface area contributed by atoms with Gasteiger partial charge in [0, 0.05) is 6.42 Å². The van der Waals surface area contributed by atoms with Crippen LogP contribution in [-0.4, -0.2) is 5.78 Å². The Morgan fingerprint density at radius 2 is 1.92 bits per heavy atom. The Balaban J connectivity index is 3.26. The van der Waals surface area contributed by atoms with Gasteiger partial charge in [0.1, 0.15) is 0 Å². The highest BCUT2D eigenvalue weighted by molar-refractivity contribution is 5.89. The van der Waals surface area contributed by atoms with Gasteiger partial charge in [-0.2, -0.15) is 0 Å². The fraction of sp³-hybridized carbons (Fsp3) is 0.583. The van der Waals surface area contributed by atoms with Crippen LogP contribution in [0.5, 0.6) is 0 Å². The molecule has 1 heteroatoms. The second-order valence-corrected chi connectivity index (χ2v) is 3.23. The van der Waals surface area contributed by atoms with E-state index in [2.05, 4.69) is 13.5 Å². The smallest absolute Gasteiger partial charge is 0.155 e. The molecule has 1 nitrogen and oxygen atoms in total. The van der Waals surface area contributed by atoms with Crippen LogP contribution in [0.1, 0.15) is 45.4 Å². The molecular weight excluding hydrogens is 160 g/mol. The van der Waals surface area contributed by atoms with Crippen molar-refractivity contribution in [1.29, 1.82) is 0 Å². The quantitative estimate of drug-likeness (QED) is 0.316. The zero-order chi connectivity index (χ0) is 9.94. The average Bonchev–Trinajstić information content (AvgIpc) is 2.14. The number of rotatable bonds is 8. The molecule has 0 rings (SSSR count). The normalized spacial score (nSPS) is 10.5. The monoisotopic (exact) mass is 180 g/mol. The van der Waals surface area contributed by atoms with Crippen LogP contribution in [0.25, 0.3) is 0 Å². The number of allylic oxidation sites excluding steroid dienone is 3. The van der Waals surface area contributed by atoms with Crippen LogP contribution in [-0.2, 0) is 4.79 Å². The standard InChI is InChI=1S/C12H20O/c1-3-5-7-8-9-11-12(13)10-6-4-2/h4,6,10H,2-3,5,7-9,11H2,1H3. The molecule has 0 saturated heterocycles. The lowest BCUT2D eigenvalue weighted by Crippen LogP contribution is -1.91. The number of unbranched alkanes of at least 4 members (excludes halogenated alkanes) is 4.